The van der Waals surface area contributed by atoms with Crippen molar-refractivity contribution in [2.45, 2.75) is 45.2 Å². The number of carbonyl (C=O) groups excluding carboxylic acids is 2. The van der Waals surface area contributed by atoms with Crippen LogP contribution in [0.25, 0.3) is 0 Å². The molecule has 2 amide bonds. The van der Waals surface area contributed by atoms with Gasteiger partial charge in [0.25, 0.3) is 0 Å². The highest BCUT2D eigenvalue weighted by molar-refractivity contribution is 7.98. The highest BCUT2D eigenvalue weighted by atomic mass is 32.2. The first kappa shape index (κ1) is 19.1. The van der Waals surface area contributed by atoms with Crippen LogP contribution in [0.2, 0.25) is 0 Å². The number of carbonyl (C=O) groups is 2. The molecule has 8 heteroatoms. The van der Waals surface area contributed by atoms with Crippen LogP contribution in [-0.2, 0) is 16.1 Å². The van der Waals surface area contributed by atoms with Crippen molar-refractivity contribution in [3.8, 4) is 0 Å². The number of fused-ring (bicyclic) bond motifs is 1. The Kier molecular flexibility index (Phi) is 6.11. The van der Waals surface area contributed by atoms with Gasteiger partial charge in [-0.25, -0.2) is 4.68 Å². The molecule has 2 atom stereocenters. The highest BCUT2D eigenvalue weighted by Crippen LogP contribution is 2.31. The maximum Gasteiger partial charge on any atom is 0.244 e. The predicted octanol–water partition coefficient (Wildman–Crippen LogP) is 1.37. The molecular weight excluding hydrogens is 350 g/mol. The molecule has 2 aliphatic rings. The van der Waals surface area contributed by atoms with E-state index < -0.39 is 0 Å². The maximum absolute atomic E-state index is 12.7. The number of piperidine rings is 2. The van der Waals surface area contributed by atoms with Gasteiger partial charge in [-0.3, -0.25) is 9.59 Å². The molecule has 0 unspecified atom stereocenters. The largest absolute Gasteiger partial charge is 0.384 e. The van der Waals surface area contributed by atoms with Gasteiger partial charge in [0.2, 0.25) is 11.8 Å². The van der Waals surface area contributed by atoms with Gasteiger partial charge in [-0.15, -0.1) is 0 Å². The number of nitrogens with zero attached hydrogens (tertiary/aromatic N) is 4. The van der Waals surface area contributed by atoms with Crippen LogP contribution < -0.4 is 5.73 Å². The summed E-state index contributed by atoms with van der Waals surface area (Å²) in [6, 6.07) is 2.07. The molecule has 0 aliphatic carbocycles. The molecule has 2 aliphatic heterocycles. The molecule has 0 spiro atoms. The molecule has 7 nitrogen and oxygen atoms in total. The number of likely N-dealkylation sites (tertiary alicyclic amines) is 2. The van der Waals surface area contributed by atoms with Crippen molar-refractivity contribution in [1.29, 1.82) is 0 Å². The number of nitrogens with two attached hydrogens (primary N) is 1. The normalized spacial score (nSPS) is 23.2. The van der Waals surface area contributed by atoms with Crippen LogP contribution in [0.3, 0.4) is 0 Å². The summed E-state index contributed by atoms with van der Waals surface area (Å²) in [5.41, 5.74) is 6.72. The van der Waals surface area contributed by atoms with E-state index in [0.717, 1.165) is 43.8 Å². The van der Waals surface area contributed by atoms with E-state index in [2.05, 4.69) is 16.3 Å². The molecule has 0 saturated carbocycles. The second-order valence-electron chi connectivity index (χ2n) is 7.30. The van der Waals surface area contributed by atoms with E-state index in [1.54, 1.807) is 10.7 Å². The lowest BCUT2D eigenvalue weighted by Gasteiger charge is -2.47. The SMILES string of the molecule is CSCCCN1C(=O)CC[C@H]2CN(C(=O)Cn3nc(C)cc3N)CC[C@H]21. The number of aryl methyl sites for hydroxylation is 1. The van der Waals surface area contributed by atoms with Crippen molar-refractivity contribution in [3.63, 3.8) is 0 Å². The second kappa shape index (κ2) is 8.33. The maximum atomic E-state index is 12.7. The van der Waals surface area contributed by atoms with Crippen molar-refractivity contribution in [2.75, 3.05) is 37.4 Å². The van der Waals surface area contributed by atoms with Crippen LogP contribution >= 0.6 is 11.8 Å². The summed E-state index contributed by atoms with van der Waals surface area (Å²) in [6.45, 7) is 4.33. The van der Waals surface area contributed by atoms with Crippen molar-refractivity contribution in [2.24, 2.45) is 5.92 Å². The Hall–Kier alpha value is -1.70. The fraction of sp³-hybridized carbons (Fsp3) is 0.722. The minimum Gasteiger partial charge on any atom is -0.384 e. The van der Waals surface area contributed by atoms with E-state index in [-0.39, 0.29) is 18.4 Å². The Bertz CT molecular complexity index is 662. The standard InChI is InChI=1S/C18H29N5O2S/c1-13-10-16(19)23(20-13)12-18(25)21-8-6-15-14(11-21)4-5-17(24)22(15)7-3-9-26-2/h10,14-15H,3-9,11-12,19H2,1-2H3/t14-,15+/m0/s1. The van der Waals surface area contributed by atoms with Crippen molar-refractivity contribution in [3.05, 3.63) is 11.8 Å². The summed E-state index contributed by atoms with van der Waals surface area (Å²) < 4.78 is 1.57. The van der Waals surface area contributed by atoms with Crippen molar-refractivity contribution < 1.29 is 9.59 Å². The lowest BCUT2D eigenvalue weighted by Crippen LogP contribution is -2.57. The molecule has 3 heterocycles. The van der Waals surface area contributed by atoms with E-state index in [0.29, 0.717) is 30.7 Å². The number of hydrogen-bond donors (Lipinski definition) is 1. The summed E-state index contributed by atoms with van der Waals surface area (Å²) in [5.74, 6) is 2.33. The lowest BCUT2D eigenvalue weighted by atomic mass is 9.83. The van der Waals surface area contributed by atoms with Crippen molar-refractivity contribution >= 4 is 29.4 Å². The number of amides is 2. The molecule has 0 aromatic carbocycles. The summed E-state index contributed by atoms with van der Waals surface area (Å²) in [4.78, 5) is 29.0. The molecule has 1 aromatic rings. The second-order valence-corrected chi connectivity index (χ2v) is 8.28. The van der Waals surface area contributed by atoms with E-state index in [1.165, 1.54) is 0 Å². The summed E-state index contributed by atoms with van der Waals surface area (Å²) in [7, 11) is 0. The van der Waals surface area contributed by atoms with Crippen LogP contribution in [0.1, 0.15) is 31.4 Å². The minimum absolute atomic E-state index is 0.0593. The monoisotopic (exact) mass is 379 g/mol. The van der Waals surface area contributed by atoms with Gasteiger partial charge in [0.15, 0.2) is 0 Å². The fourth-order valence-corrected chi connectivity index (χ4v) is 4.59. The zero-order valence-corrected chi connectivity index (χ0v) is 16.5. The third-order valence-corrected chi connectivity index (χ3v) is 6.16. The minimum atomic E-state index is 0.0593. The van der Waals surface area contributed by atoms with Gasteiger partial charge < -0.3 is 15.5 Å². The van der Waals surface area contributed by atoms with Gasteiger partial charge >= 0.3 is 0 Å². The Morgan fingerprint density at radius 2 is 2.23 bits per heavy atom. The zero-order valence-electron chi connectivity index (χ0n) is 15.7. The molecule has 2 N–H and O–H groups in total. The number of anilines is 1. The zero-order chi connectivity index (χ0) is 18.7. The quantitative estimate of drug-likeness (QED) is 0.755. The van der Waals surface area contributed by atoms with E-state index in [1.807, 2.05) is 23.6 Å². The first-order valence-electron chi connectivity index (χ1n) is 9.35. The molecular formula is C18H29N5O2S. The van der Waals surface area contributed by atoms with Crippen LogP contribution in [-0.4, -0.2) is 69.1 Å². The van der Waals surface area contributed by atoms with Crippen LogP contribution in [0.15, 0.2) is 6.07 Å². The predicted molar refractivity (Wildman–Crippen MR) is 104 cm³/mol. The number of aromatic nitrogens is 2. The van der Waals surface area contributed by atoms with Gasteiger partial charge in [0.1, 0.15) is 12.4 Å². The van der Waals surface area contributed by atoms with Gasteiger partial charge in [0, 0.05) is 38.2 Å². The number of nitrogen functional groups attached to an aromatic ring is 1. The molecule has 0 radical (unpaired) electrons. The number of thioether (sulfide) groups is 1. The Morgan fingerprint density at radius 1 is 1.42 bits per heavy atom. The third kappa shape index (κ3) is 4.16. The molecule has 0 bridgehead atoms. The Labute approximate surface area is 159 Å². The summed E-state index contributed by atoms with van der Waals surface area (Å²) in [5, 5.41) is 4.28. The molecule has 2 saturated heterocycles. The van der Waals surface area contributed by atoms with Gasteiger partial charge in [-0.1, -0.05) is 0 Å². The van der Waals surface area contributed by atoms with Crippen LogP contribution in [0, 0.1) is 12.8 Å². The molecule has 3 rings (SSSR count). The van der Waals surface area contributed by atoms with E-state index >= 15 is 0 Å². The highest BCUT2D eigenvalue weighted by Gasteiger charge is 2.40. The van der Waals surface area contributed by atoms with E-state index in [4.69, 9.17) is 5.73 Å². The molecule has 1 aromatic heterocycles. The third-order valence-electron chi connectivity index (χ3n) is 5.46. The fourth-order valence-electron chi connectivity index (χ4n) is 4.17. The van der Waals surface area contributed by atoms with Crippen molar-refractivity contribution in [1.82, 2.24) is 19.6 Å². The first-order valence-corrected chi connectivity index (χ1v) is 10.7. The summed E-state index contributed by atoms with van der Waals surface area (Å²) >= 11 is 1.82. The van der Waals surface area contributed by atoms with Crippen LogP contribution in [0.5, 0.6) is 0 Å². The molecule has 144 valence electrons. The van der Waals surface area contributed by atoms with Gasteiger partial charge in [-0.05, 0) is 44.1 Å². The molecule has 26 heavy (non-hydrogen) atoms. The van der Waals surface area contributed by atoms with Gasteiger partial charge in [0.05, 0.1) is 5.69 Å². The average molecular weight is 380 g/mol. The topological polar surface area (TPSA) is 84.5 Å². The number of rotatable bonds is 6. The average Bonchev–Trinajstić information content (AvgIpc) is 2.93. The van der Waals surface area contributed by atoms with Crippen LogP contribution in [0.4, 0.5) is 5.82 Å². The Balaban J connectivity index is 1.59. The van der Waals surface area contributed by atoms with Gasteiger partial charge in [-0.2, -0.15) is 16.9 Å². The molecule has 2 fully saturated rings. The smallest absolute Gasteiger partial charge is 0.244 e. The summed E-state index contributed by atoms with van der Waals surface area (Å²) in [6.07, 6.45) is 5.49. The first-order chi connectivity index (χ1) is 12.5. The Morgan fingerprint density at radius 3 is 2.92 bits per heavy atom. The lowest BCUT2D eigenvalue weighted by molar-refractivity contribution is -0.144. The number of hydrogen-bond acceptors (Lipinski definition) is 5. The van der Waals surface area contributed by atoms with E-state index in [9.17, 15) is 9.59 Å².